The Morgan fingerprint density at radius 2 is 2.06 bits per heavy atom. The zero-order valence-electron chi connectivity index (χ0n) is 21.0. The van der Waals surface area contributed by atoms with E-state index >= 15 is 0 Å². The predicted octanol–water partition coefficient (Wildman–Crippen LogP) is 4.09. The molecule has 0 saturated carbocycles. The van der Waals surface area contributed by atoms with Gasteiger partial charge in [-0.3, -0.25) is 14.7 Å². The Bertz CT molecular complexity index is 907. The Hall–Kier alpha value is -2.22. The lowest BCUT2D eigenvalue weighted by Crippen LogP contribution is -2.53. The van der Waals surface area contributed by atoms with Gasteiger partial charge in [0.25, 0.3) is 0 Å². The van der Waals surface area contributed by atoms with Crippen LogP contribution in [-0.2, 0) is 9.53 Å². The number of nitrogens with one attached hydrogen (secondary N) is 1. The van der Waals surface area contributed by atoms with Crippen LogP contribution in [0.15, 0.2) is 30.5 Å². The van der Waals surface area contributed by atoms with Gasteiger partial charge in [0.15, 0.2) is 0 Å². The molecule has 1 aliphatic rings. The number of β-amino-alcohol motifs (C(OH)–C–C–N with tert-alkyl or cyclic N) is 1. The summed E-state index contributed by atoms with van der Waals surface area (Å²) in [5.74, 6) is 0.355. The fourth-order valence-corrected chi connectivity index (χ4v) is 4.84. The number of carbonyl (C=O) groups is 1. The number of nitrogens with zero attached hydrogens (tertiary/aromatic N) is 2. The van der Waals surface area contributed by atoms with Crippen molar-refractivity contribution in [3.05, 3.63) is 36.0 Å². The van der Waals surface area contributed by atoms with E-state index in [-0.39, 0.29) is 17.9 Å². The molecular weight excluding hydrogens is 430 g/mol. The molecule has 0 spiro atoms. The third-order valence-electron chi connectivity index (χ3n) is 6.75. The van der Waals surface area contributed by atoms with Crippen LogP contribution < -0.4 is 10.1 Å². The number of methoxy groups -OCH3 is 1. The second-order valence-corrected chi connectivity index (χ2v) is 9.18. The maximum Gasteiger partial charge on any atom is 0.311 e. The summed E-state index contributed by atoms with van der Waals surface area (Å²) in [7, 11) is 1.63. The Labute approximate surface area is 203 Å². The first-order valence-electron chi connectivity index (χ1n) is 12.8. The summed E-state index contributed by atoms with van der Waals surface area (Å²) in [6.45, 7) is 7.24. The average molecular weight is 472 g/mol. The first-order chi connectivity index (χ1) is 16.6. The lowest BCUT2D eigenvalue weighted by molar-refractivity contribution is -0.151. The summed E-state index contributed by atoms with van der Waals surface area (Å²) in [6.07, 6.45) is 8.04. The molecule has 1 aliphatic heterocycles. The van der Waals surface area contributed by atoms with Crippen LogP contribution in [0.3, 0.4) is 0 Å². The number of rotatable bonds is 13. The molecule has 7 nitrogen and oxygen atoms in total. The third-order valence-corrected chi connectivity index (χ3v) is 6.75. The number of benzene rings is 1. The number of esters is 1. The van der Waals surface area contributed by atoms with E-state index in [9.17, 15) is 9.90 Å². The van der Waals surface area contributed by atoms with E-state index in [4.69, 9.17) is 9.47 Å². The molecule has 2 N–H and O–H groups in total. The van der Waals surface area contributed by atoms with Gasteiger partial charge in [0.05, 0.1) is 31.3 Å². The molecule has 1 aromatic heterocycles. The van der Waals surface area contributed by atoms with Gasteiger partial charge in [-0.05, 0) is 62.7 Å². The van der Waals surface area contributed by atoms with Crippen molar-refractivity contribution in [2.24, 2.45) is 5.92 Å². The highest BCUT2D eigenvalue weighted by Gasteiger charge is 2.35. The summed E-state index contributed by atoms with van der Waals surface area (Å²) < 4.78 is 10.8. The lowest BCUT2D eigenvalue weighted by Gasteiger charge is -2.38. The lowest BCUT2D eigenvalue weighted by atomic mass is 9.91. The fourth-order valence-electron chi connectivity index (χ4n) is 4.84. The SMILES string of the molecule is CCCCCCCN[C@@H]1CCN(C[C@H](O)c2ccnc3ccc(OC)cc23)C[C@@H]1C(=O)OCC. The number of likely N-dealkylation sites (tertiary alicyclic amines) is 1. The number of hydrogen-bond acceptors (Lipinski definition) is 7. The summed E-state index contributed by atoms with van der Waals surface area (Å²) in [5.41, 5.74) is 1.65. The monoisotopic (exact) mass is 471 g/mol. The molecule has 0 amide bonds. The van der Waals surface area contributed by atoms with Gasteiger partial charge in [-0.15, -0.1) is 0 Å². The van der Waals surface area contributed by atoms with Crippen LogP contribution in [0.2, 0.25) is 0 Å². The standard InChI is InChI=1S/C27H41N3O4/c1-4-6-7-8-9-14-28-25-13-16-30(18-23(25)27(32)34-5-2)19-26(31)21-12-15-29-24-11-10-20(33-3)17-22(21)24/h10-12,15,17,23,25-26,28,31H,4-9,13-14,16,18-19H2,1-3H3/t23-,25+,26-/m0/s1. The van der Waals surface area contributed by atoms with Crippen molar-refractivity contribution in [1.29, 1.82) is 0 Å². The Kier molecular flexibility index (Phi) is 10.6. The van der Waals surface area contributed by atoms with E-state index in [1.807, 2.05) is 31.2 Å². The molecule has 0 radical (unpaired) electrons. The maximum absolute atomic E-state index is 12.8. The first kappa shape index (κ1) is 26.4. The smallest absolute Gasteiger partial charge is 0.311 e. The Morgan fingerprint density at radius 3 is 2.82 bits per heavy atom. The molecule has 0 bridgehead atoms. The van der Waals surface area contributed by atoms with Gasteiger partial charge in [0.1, 0.15) is 5.75 Å². The molecule has 2 aromatic rings. The van der Waals surface area contributed by atoms with Crippen LogP contribution in [0.4, 0.5) is 0 Å². The largest absolute Gasteiger partial charge is 0.497 e. The number of ether oxygens (including phenoxy) is 2. The molecule has 34 heavy (non-hydrogen) atoms. The zero-order chi connectivity index (χ0) is 24.3. The van der Waals surface area contributed by atoms with Gasteiger partial charge in [0, 0.05) is 30.7 Å². The minimum absolute atomic E-state index is 0.115. The molecule has 2 heterocycles. The van der Waals surface area contributed by atoms with Crippen molar-refractivity contribution in [1.82, 2.24) is 15.2 Å². The number of piperidine rings is 1. The van der Waals surface area contributed by atoms with E-state index in [2.05, 4.69) is 22.1 Å². The van der Waals surface area contributed by atoms with Crippen molar-refractivity contribution in [3.8, 4) is 5.75 Å². The summed E-state index contributed by atoms with van der Waals surface area (Å²) >= 11 is 0. The normalized spacial score (nSPS) is 19.8. The van der Waals surface area contributed by atoms with Crippen LogP contribution in [0.5, 0.6) is 5.75 Å². The zero-order valence-corrected chi connectivity index (χ0v) is 21.0. The maximum atomic E-state index is 12.8. The van der Waals surface area contributed by atoms with Gasteiger partial charge in [0.2, 0.25) is 0 Å². The minimum atomic E-state index is -0.691. The number of fused-ring (bicyclic) bond motifs is 1. The topological polar surface area (TPSA) is 83.9 Å². The molecule has 1 aromatic carbocycles. The van der Waals surface area contributed by atoms with Crippen LogP contribution in [0, 0.1) is 5.92 Å². The molecule has 1 fully saturated rings. The quantitative estimate of drug-likeness (QED) is 0.336. The molecule has 7 heteroatoms. The summed E-state index contributed by atoms with van der Waals surface area (Å²) in [6, 6.07) is 7.67. The second-order valence-electron chi connectivity index (χ2n) is 9.18. The number of pyridine rings is 1. The molecule has 0 aliphatic carbocycles. The van der Waals surface area contributed by atoms with E-state index in [0.29, 0.717) is 19.7 Å². The Morgan fingerprint density at radius 1 is 1.24 bits per heavy atom. The number of carbonyl (C=O) groups excluding carboxylic acids is 1. The number of unbranched alkanes of at least 4 members (excludes halogenated alkanes) is 4. The van der Waals surface area contributed by atoms with Crippen LogP contribution >= 0.6 is 0 Å². The van der Waals surface area contributed by atoms with Crippen molar-refractivity contribution in [3.63, 3.8) is 0 Å². The highest BCUT2D eigenvalue weighted by molar-refractivity contribution is 5.83. The van der Waals surface area contributed by atoms with E-state index in [0.717, 1.165) is 48.1 Å². The predicted molar refractivity (Wildman–Crippen MR) is 135 cm³/mol. The number of aliphatic hydroxyl groups excluding tert-OH is 1. The van der Waals surface area contributed by atoms with Crippen molar-refractivity contribution in [2.45, 2.75) is 64.5 Å². The van der Waals surface area contributed by atoms with Crippen LogP contribution in [0.25, 0.3) is 10.9 Å². The van der Waals surface area contributed by atoms with Gasteiger partial charge < -0.3 is 19.9 Å². The van der Waals surface area contributed by atoms with Crippen LogP contribution in [-0.4, -0.2) is 66.9 Å². The highest BCUT2D eigenvalue weighted by atomic mass is 16.5. The molecule has 3 atom stereocenters. The number of aromatic nitrogens is 1. The fraction of sp³-hybridized carbons (Fsp3) is 0.630. The Balaban J connectivity index is 1.63. The summed E-state index contributed by atoms with van der Waals surface area (Å²) in [4.78, 5) is 19.3. The van der Waals surface area contributed by atoms with Crippen LogP contribution in [0.1, 0.15) is 64.0 Å². The van der Waals surface area contributed by atoms with Crippen molar-refractivity contribution < 1.29 is 19.4 Å². The highest BCUT2D eigenvalue weighted by Crippen LogP contribution is 2.28. The molecule has 0 unspecified atom stereocenters. The van der Waals surface area contributed by atoms with E-state index in [1.165, 1.54) is 25.7 Å². The van der Waals surface area contributed by atoms with Gasteiger partial charge in [-0.2, -0.15) is 0 Å². The number of aliphatic hydroxyl groups is 1. The molecule has 3 rings (SSSR count). The molecule has 1 saturated heterocycles. The van der Waals surface area contributed by atoms with Gasteiger partial charge in [-0.25, -0.2) is 0 Å². The minimum Gasteiger partial charge on any atom is -0.497 e. The molecule has 188 valence electrons. The van der Waals surface area contributed by atoms with Gasteiger partial charge in [-0.1, -0.05) is 32.6 Å². The second kappa shape index (κ2) is 13.6. The van der Waals surface area contributed by atoms with Gasteiger partial charge >= 0.3 is 5.97 Å². The van der Waals surface area contributed by atoms with E-state index < -0.39 is 6.10 Å². The summed E-state index contributed by atoms with van der Waals surface area (Å²) in [5, 5.41) is 15.6. The van der Waals surface area contributed by atoms with E-state index in [1.54, 1.807) is 13.3 Å². The third kappa shape index (κ3) is 7.14. The van der Waals surface area contributed by atoms with Crippen molar-refractivity contribution >= 4 is 16.9 Å². The number of hydrogen-bond donors (Lipinski definition) is 2. The average Bonchev–Trinajstić information content (AvgIpc) is 2.86. The molecular formula is C27H41N3O4. The van der Waals surface area contributed by atoms with Crippen molar-refractivity contribution in [2.75, 3.05) is 39.9 Å². The first-order valence-corrected chi connectivity index (χ1v) is 12.8.